The van der Waals surface area contributed by atoms with Crippen molar-refractivity contribution in [3.05, 3.63) is 71.3 Å². The van der Waals surface area contributed by atoms with E-state index in [0.29, 0.717) is 19.3 Å². The number of primary amides is 1. The lowest BCUT2D eigenvalue weighted by molar-refractivity contribution is -0.137. The van der Waals surface area contributed by atoms with E-state index in [1.165, 1.54) is 6.07 Å². The molecule has 3 N–H and O–H groups in total. The van der Waals surface area contributed by atoms with E-state index in [1.807, 2.05) is 30.3 Å². The van der Waals surface area contributed by atoms with Crippen molar-refractivity contribution in [1.29, 1.82) is 0 Å². The number of carbonyl (C=O) groups is 2. The van der Waals surface area contributed by atoms with Gasteiger partial charge in [0.25, 0.3) is 5.91 Å². The fraction of sp³-hybridized carbons (Fsp3) is 0.263. The van der Waals surface area contributed by atoms with Gasteiger partial charge in [0, 0.05) is 5.56 Å². The van der Waals surface area contributed by atoms with Crippen LogP contribution in [-0.2, 0) is 17.4 Å². The van der Waals surface area contributed by atoms with Crippen LogP contribution in [0.1, 0.15) is 34.3 Å². The summed E-state index contributed by atoms with van der Waals surface area (Å²) in [5, 5.41) is 2.42. The summed E-state index contributed by atoms with van der Waals surface area (Å²) >= 11 is 0. The molecule has 0 spiro atoms. The van der Waals surface area contributed by atoms with E-state index in [4.69, 9.17) is 5.73 Å². The largest absolute Gasteiger partial charge is 0.416 e. The van der Waals surface area contributed by atoms with E-state index in [1.54, 1.807) is 0 Å². The molecule has 0 fully saturated rings. The van der Waals surface area contributed by atoms with Gasteiger partial charge in [0.2, 0.25) is 5.91 Å². The minimum atomic E-state index is -4.55. The van der Waals surface area contributed by atoms with Gasteiger partial charge < -0.3 is 11.1 Å². The molecule has 138 valence electrons. The molecule has 4 nitrogen and oxygen atoms in total. The van der Waals surface area contributed by atoms with E-state index in [-0.39, 0.29) is 5.56 Å². The van der Waals surface area contributed by atoms with Crippen LogP contribution in [0.3, 0.4) is 0 Å². The first-order chi connectivity index (χ1) is 12.3. The summed E-state index contributed by atoms with van der Waals surface area (Å²) in [5.41, 5.74) is 5.29. The summed E-state index contributed by atoms with van der Waals surface area (Å²) in [6, 6.07) is 12.7. The number of hydrogen-bond acceptors (Lipinski definition) is 2. The molecule has 0 aromatic heterocycles. The molecule has 2 aromatic rings. The van der Waals surface area contributed by atoms with Gasteiger partial charge in [0.05, 0.1) is 5.56 Å². The number of benzene rings is 2. The zero-order valence-corrected chi connectivity index (χ0v) is 13.9. The van der Waals surface area contributed by atoms with Crippen LogP contribution in [0.5, 0.6) is 0 Å². The molecule has 0 saturated carbocycles. The Morgan fingerprint density at radius 3 is 2.35 bits per heavy atom. The van der Waals surface area contributed by atoms with Crippen molar-refractivity contribution in [1.82, 2.24) is 5.32 Å². The molecule has 0 saturated heterocycles. The van der Waals surface area contributed by atoms with Crippen molar-refractivity contribution in [2.24, 2.45) is 5.73 Å². The Balaban J connectivity index is 1.98. The van der Waals surface area contributed by atoms with Crippen LogP contribution in [0.15, 0.2) is 54.6 Å². The predicted octanol–water partition coefficient (Wildman–Crippen LogP) is 3.31. The second kappa shape index (κ2) is 8.51. The first-order valence-electron chi connectivity index (χ1n) is 8.09. The Morgan fingerprint density at radius 2 is 1.73 bits per heavy atom. The van der Waals surface area contributed by atoms with Crippen molar-refractivity contribution < 1.29 is 22.8 Å². The van der Waals surface area contributed by atoms with Crippen LogP contribution >= 0.6 is 0 Å². The van der Waals surface area contributed by atoms with Gasteiger partial charge in [-0.2, -0.15) is 13.2 Å². The van der Waals surface area contributed by atoms with Gasteiger partial charge in [0.15, 0.2) is 0 Å². The number of aryl methyl sites for hydroxylation is 1. The molecule has 2 aromatic carbocycles. The zero-order valence-electron chi connectivity index (χ0n) is 13.9. The Morgan fingerprint density at radius 1 is 1.04 bits per heavy atom. The van der Waals surface area contributed by atoms with Crippen LogP contribution in [0, 0.1) is 0 Å². The highest BCUT2D eigenvalue weighted by Crippen LogP contribution is 2.29. The molecule has 0 aliphatic carbocycles. The predicted molar refractivity (Wildman–Crippen MR) is 91.3 cm³/mol. The van der Waals surface area contributed by atoms with E-state index >= 15 is 0 Å². The lowest BCUT2D eigenvalue weighted by atomic mass is 10.0. The number of alkyl halides is 3. The van der Waals surface area contributed by atoms with Gasteiger partial charge in [-0.15, -0.1) is 0 Å². The molecule has 0 heterocycles. The van der Waals surface area contributed by atoms with Gasteiger partial charge in [-0.05, 0) is 43.0 Å². The molecular weight excluding hydrogens is 345 g/mol. The van der Waals surface area contributed by atoms with Crippen LogP contribution in [0.4, 0.5) is 13.2 Å². The summed E-state index contributed by atoms with van der Waals surface area (Å²) in [6.45, 7) is 0. The molecule has 0 unspecified atom stereocenters. The third-order valence-corrected chi connectivity index (χ3v) is 3.90. The number of nitrogens with one attached hydrogen (secondary N) is 1. The smallest absolute Gasteiger partial charge is 0.368 e. The quantitative estimate of drug-likeness (QED) is 0.791. The number of amides is 2. The average Bonchev–Trinajstić information content (AvgIpc) is 2.61. The van der Waals surface area contributed by atoms with Crippen LogP contribution in [0.25, 0.3) is 0 Å². The van der Waals surface area contributed by atoms with Gasteiger partial charge in [0.1, 0.15) is 6.04 Å². The second-order valence-corrected chi connectivity index (χ2v) is 5.88. The van der Waals surface area contributed by atoms with Crippen molar-refractivity contribution in [3.63, 3.8) is 0 Å². The molecule has 0 bridgehead atoms. The summed E-state index contributed by atoms with van der Waals surface area (Å²) in [4.78, 5) is 23.7. The highest BCUT2D eigenvalue weighted by molar-refractivity contribution is 5.97. The van der Waals surface area contributed by atoms with Crippen LogP contribution < -0.4 is 11.1 Å². The maximum Gasteiger partial charge on any atom is 0.416 e. The average molecular weight is 364 g/mol. The van der Waals surface area contributed by atoms with Crippen molar-refractivity contribution in [2.75, 3.05) is 0 Å². The monoisotopic (exact) mass is 364 g/mol. The highest BCUT2D eigenvalue weighted by atomic mass is 19.4. The Labute approximate surface area is 149 Å². The van der Waals surface area contributed by atoms with E-state index < -0.39 is 29.6 Å². The highest BCUT2D eigenvalue weighted by Gasteiger charge is 2.31. The zero-order chi connectivity index (χ0) is 19.2. The standard InChI is InChI=1S/C19H19F3N2O2/c20-19(21,22)15-10-5-9-14(12-15)18(26)24-16(17(23)25)11-4-8-13-6-2-1-3-7-13/h1-3,5-7,9-10,12,16H,4,8,11H2,(H2,23,25)(H,24,26)/t16-/m1/s1. The number of rotatable bonds is 7. The minimum absolute atomic E-state index is 0.172. The lowest BCUT2D eigenvalue weighted by Gasteiger charge is -2.16. The Kier molecular flexibility index (Phi) is 6.38. The fourth-order valence-corrected chi connectivity index (χ4v) is 2.52. The van der Waals surface area contributed by atoms with Crippen LogP contribution in [-0.4, -0.2) is 17.9 Å². The molecule has 26 heavy (non-hydrogen) atoms. The molecule has 1 atom stereocenters. The molecule has 0 radical (unpaired) electrons. The van der Waals surface area contributed by atoms with Gasteiger partial charge in [-0.1, -0.05) is 36.4 Å². The summed E-state index contributed by atoms with van der Waals surface area (Å²) in [6.07, 6.45) is -2.95. The maximum absolute atomic E-state index is 12.7. The normalized spacial score (nSPS) is 12.4. The topological polar surface area (TPSA) is 72.2 Å². The van der Waals surface area contributed by atoms with Crippen LogP contribution in [0.2, 0.25) is 0 Å². The summed E-state index contributed by atoms with van der Waals surface area (Å²) < 4.78 is 38.2. The van der Waals surface area contributed by atoms with Gasteiger partial charge in [-0.3, -0.25) is 9.59 Å². The summed E-state index contributed by atoms with van der Waals surface area (Å²) in [7, 11) is 0. The molecule has 0 aliphatic heterocycles. The SMILES string of the molecule is NC(=O)[C@@H](CCCc1ccccc1)NC(=O)c1cccc(C(F)(F)F)c1. The number of halogens is 3. The fourth-order valence-electron chi connectivity index (χ4n) is 2.52. The first-order valence-corrected chi connectivity index (χ1v) is 8.09. The second-order valence-electron chi connectivity index (χ2n) is 5.88. The molecule has 2 rings (SSSR count). The van der Waals surface area contributed by atoms with E-state index in [2.05, 4.69) is 5.32 Å². The van der Waals surface area contributed by atoms with Crippen molar-refractivity contribution in [2.45, 2.75) is 31.5 Å². The Bertz CT molecular complexity index is 761. The number of hydrogen-bond donors (Lipinski definition) is 2. The lowest BCUT2D eigenvalue weighted by Crippen LogP contribution is -2.44. The van der Waals surface area contributed by atoms with Gasteiger partial charge >= 0.3 is 6.18 Å². The van der Waals surface area contributed by atoms with Crippen molar-refractivity contribution in [3.8, 4) is 0 Å². The summed E-state index contributed by atoms with van der Waals surface area (Å²) in [5.74, 6) is -1.49. The molecule has 2 amide bonds. The van der Waals surface area contributed by atoms with E-state index in [0.717, 1.165) is 23.8 Å². The maximum atomic E-state index is 12.7. The minimum Gasteiger partial charge on any atom is -0.368 e. The number of carbonyl (C=O) groups excluding carboxylic acids is 2. The van der Waals surface area contributed by atoms with E-state index in [9.17, 15) is 22.8 Å². The number of nitrogens with two attached hydrogens (primary N) is 1. The third kappa shape index (κ3) is 5.61. The molecule has 7 heteroatoms. The third-order valence-electron chi connectivity index (χ3n) is 3.90. The van der Waals surface area contributed by atoms with Crippen molar-refractivity contribution >= 4 is 11.8 Å². The molecule has 0 aliphatic rings. The first kappa shape index (κ1) is 19.5. The van der Waals surface area contributed by atoms with Gasteiger partial charge in [-0.25, -0.2) is 0 Å². The molecular formula is C19H19F3N2O2. The Hall–Kier alpha value is -2.83.